The molecule has 1 saturated carbocycles. The highest BCUT2D eigenvalue weighted by Gasteiger charge is 2.46. The van der Waals surface area contributed by atoms with Crippen LogP contribution in [0.2, 0.25) is 0 Å². The van der Waals surface area contributed by atoms with Gasteiger partial charge in [0.15, 0.2) is 0 Å². The molecule has 1 saturated heterocycles. The fourth-order valence-corrected chi connectivity index (χ4v) is 5.93. The highest BCUT2D eigenvalue weighted by molar-refractivity contribution is 7.90. The first-order valence-electron chi connectivity index (χ1n) is 12.1. The molecule has 2 aliphatic rings. The maximum atomic E-state index is 15.0. The summed E-state index contributed by atoms with van der Waals surface area (Å²) in [5.74, 6) is -0.284. The summed E-state index contributed by atoms with van der Waals surface area (Å²) in [5.41, 5.74) is -0.0414. The van der Waals surface area contributed by atoms with Gasteiger partial charge in [-0.1, -0.05) is 0 Å². The number of sulfone groups is 1. The number of carbonyl (C=O) groups is 2. The first-order chi connectivity index (χ1) is 17.6. The molecule has 14 heteroatoms. The number of halogens is 1. The quantitative estimate of drug-likeness (QED) is 0.416. The van der Waals surface area contributed by atoms with Crippen molar-refractivity contribution < 1.29 is 32.2 Å². The third kappa shape index (κ3) is 4.57. The van der Waals surface area contributed by atoms with Gasteiger partial charge in [-0.25, -0.2) is 27.4 Å². The van der Waals surface area contributed by atoms with Crippen LogP contribution < -0.4 is 15.1 Å². The fraction of sp³-hybridized carbons (Fsp3) is 0.500. The topological polar surface area (TPSA) is 158 Å². The Labute approximate surface area is 218 Å². The van der Waals surface area contributed by atoms with Crippen LogP contribution in [0, 0.1) is 11.7 Å². The van der Waals surface area contributed by atoms with Crippen LogP contribution in [0.25, 0.3) is 21.9 Å². The van der Waals surface area contributed by atoms with Gasteiger partial charge in [-0.15, -0.1) is 0 Å². The third-order valence-electron chi connectivity index (χ3n) is 6.95. The Bertz CT molecular complexity index is 1580. The lowest BCUT2D eigenvalue weighted by Gasteiger charge is -2.32. The number of nitrogens with zero attached hydrogens (tertiary/aromatic N) is 4. The van der Waals surface area contributed by atoms with Gasteiger partial charge in [-0.2, -0.15) is 4.98 Å². The van der Waals surface area contributed by atoms with Gasteiger partial charge >= 0.3 is 12.2 Å². The molecule has 0 radical (unpaired) electrons. The maximum absolute atomic E-state index is 15.0. The normalized spacial score (nSPS) is 21.3. The van der Waals surface area contributed by atoms with E-state index >= 15 is 0 Å². The first-order valence-corrected chi connectivity index (χ1v) is 14.0. The largest absolute Gasteiger partial charge is 0.465 e. The zero-order valence-corrected chi connectivity index (χ0v) is 22.4. The van der Waals surface area contributed by atoms with Gasteiger partial charge < -0.3 is 25.0 Å². The van der Waals surface area contributed by atoms with Crippen molar-refractivity contribution in [1.29, 1.82) is 0 Å². The summed E-state index contributed by atoms with van der Waals surface area (Å²) in [6.45, 7) is 5.60. The van der Waals surface area contributed by atoms with Crippen LogP contribution in [0.5, 0.6) is 0 Å². The van der Waals surface area contributed by atoms with Crippen LogP contribution in [0.4, 0.5) is 25.5 Å². The molecule has 2 aromatic heterocycles. The average molecular weight is 549 g/mol. The number of amides is 2. The van der Waals surface area contributed by atoms with Crippen molar-refractivity contribution in [3.63, 3.8) is 0 Å². The Morgan fingerprint density at radius 2 is 1.97 bits per heavy atom. The Hall–Kier alpha value is -3.68. The lowest BCUT2D eigenvalue weighted by Crippen LogP contribution is -2.45. The number of carboxylic acid groups (broad SMARTS) is 1. The van der Waals surface area contributed by atoms with Crippen molar-refractivity contribution in [3.8, 4) is 0 Å². The van der Waals surface area contributed by atoms with E-state index in [-0.39, 0.29) is 29.3 Å². The standard InChI is InChI=1S/C24H29FN6O6S/c1-24(2,3)37-23(34)30(4)16-8-12(25)7-14-17-19(27-18(14)16)28-21(38(5,35)36)29-20(17)31-10-11-6-13(31)9-15(11)26-22(32)33/h7-8,11,13,15,26H,6,9-10H2,1-5H3,(H,32,33)(H,27,28,29). The van der Waals surface area contributed by atoms with E-state index in [2.05, 4.69) is 20.3 Å². The minimum absolute atomic E-state index is 0.0126. The molecule has 3 aromatic rings. The van der Waals surface area contributed by atoms with E-state index in [1.807, 2.05) is 4.90 Å². The predicted molar refractivity (Wildman–Crippen MR) is 138 cm³/mol. The van der Waals surface area contributed by atoms with Crippen LogP contribution in [0.3, 0.4) is 0 Å². The summed E-state index contributed by atoms with van der Waals surface area (Å²) >= 11 is 0. The molecule has 38 heavy (non-hydrogen) atoms. The molecule has 3 atom stereocenters. The van der Waals surface area contributed by atoms with Gasteiger partial charge in [0.1, 0.15) is 22.9 Å². The summed E-state index contributed by atoms with van der Waals surface area (Å²) in [5, 5.41) is 12.1. The number of nitrogens with one attached hydrogen (secondary N) is 2. The van der Waals surface area contributed by atoms with Crippen LogP contribution in [0.15, 0.2) is 17.3 Å². The Morgan fingerprint density at radius 3 is 2.55 bits per heavy atom. The SMILES string of the molecule is CN(C(=O)OC(C)(C)C)c1cc(F)cc2c1[nH]c1nc(S(C)(=O)=O)nc(N3CC4CC3CC4NC(=O)O)c12. The number of hydrogen-bond acceptors (Lipinski definition) is 8. The molecule has 12 nitrogen and oxygen atoms in total. The summed E-state index contributed by atoms with van der Waals surface area (Å²) in [4.78, 5) is 38.8. The molecular weight excluding hydrogens is 519 g/mol. The number of rotatable bonds is 4. The van der Waals surface area contributed by atoms with E-state index in [0.29, 0.717) is 41.5 Å². The van der Waals surface area contributed by atoms with Crippen LogP contribution in [0.1, 0.15) is 33.6 Å². The molecule has 5 rings (SSSR count). The van der Waals surface area contributed by atoms with Crippen molar-refractivity contribution in [2.45, 2.75) is 56.5 Å². The summed E-state index contributed by atoms with van der Waals surface area (Å²) in [6.07, 6.45) is 0.450. The van der Waals surface area contributed by atoms with E-state index in [9.17, 15) is 22.4 Å². The second-order valence-corrected chi connectivity index (χ2v) is 12.8. The highest BCUT2D eigenvalue weighted by atomic mass is 32.2. The molecule has 0 spiro atoms. The van der Waals surface area contributed by atoms with Crippen molar-refractivity contribution >= 4 is 55.5 Å². The number of aromatic amines is 1. The fourth-order valence-electron chi connectivity index (χ4n) is 5.42. The smallest absolute Gasteiger partial charge is 0.414 e. The zero-order valence-electron chi connectivity index (χ0n) is 21.6. The summed E-state index contributed by atoms with van der Waals surface area (Å²) in [6, 6.07) is 2.17. The van der Waals surface area contributed by atoms with Gasteiger partial charge in [0.25, 0.3) is 5.16 Å². The van der Waals surface area contributed by atoms with Gasteiger partial charge in [0.05, 0.1) is 16.6 Å². The number of H-pyrrole nitrogens is 1. The molecule has 3 unspecified atom stereocenters. The van der Waals surface area contributed by atoms with E-state index in [4.69, 9.17) is 9.84 Å². The molecule has 1 aliphatic heterocycles. The molecule has 3 heterocycles. The van der Waals surface area contributed by atoms with E-state index in [0.717, 1.165) is 6.26 Å². The number of hydrogen-bond donors (Lipinski definition) is 3. The summed E-state index contributed by atoms with van der Waals surface area (Å²) < 4.78 is 45.4. The number of benzene rings is 1. The minimum atomic E-state index is -3.81. The van der Waals surface area contributed by atoms with Crippen LogP contribution in [-0.2, 0) is 14.6 Å². The molecular formula is C24H29FN6O6S. The number of anilines is 2. The van der Waals surface area contributed by atoms with Gasteiger partial charge in [0, 0.05) is 37.3 Å². The maximum Gasteiger partial charge on any atom is 0.414 e. The number of piperidine rings is 1. The van der Waals surface area contributed by atoms with Gasteiger partial charge in [0.2, 0.25) is 9.84 Å². The zero-order chi connectivity index (χ0) is 27.7. The predicted octanol–water partition coefficient (Wildman–Crippen LogP) is 3.26. The number of fused-ring (bicyclic) bond motifs is 5. The molecule has 3 N–H and O–H groups in total. The van der Waals surface area contributed by atoms with E-state index in [1.54, 1.807) is 20.8 Å². The number of carbonyl (C=O) groups excluding carboxylic acids is 1. The molecule has 2 fully saturated rings. The minimum Gasteiger partial charge on any atom is -0.465 e. The van der Waals surface area contributed by atoms with Crippen LogP contribution >= 0.6 is 0 Å². The lowest BCUT2D eigenvalue weighted by molar-refractivity contribution is 0.0589. The second kappa shape index (κ2) is 8.68. The number of ether oxygens (including phenoxy) is 1. The van der Waals surface area contributed by atoms with Gasteiger partial charge in [-0.3, -0.25) is 4.90 Å². The molecule has 204 valence electrons. The van der Waals surface area contributed by atoms with Crippen LogP contribution in [-0.4, -0.2) is 78.2 Å². The molecule has 2 amide bonds. The third-order valence-corrected chi connectivity index (χ3v) is 7.79. The second-order valence-electron chi connectivity index (χ2n) is 10.9. The van der Waals surface area contributed by atoms with Crippen molar-refractivity contribution in [1.82, 2.24) is 20.3 Å². The number of aromatic nitrogens is 3. The summed E-state index contributed by atoms with van der Waals surface area (Å²) in [7, 11) is -2.35. The van der Waals surface area contributed by atoms with E-state index < -0.39 is 38.6 Å². The monoisotopic (exact) mass is 548 g/mol. The Balaban J connectivity index is 1.67. The Kier molecular flexibility index (Phi) is 5.93. The molecule has 1 aromatic carbocycles. The highest BCUT2D eigenvalue weighted by Crippen LogP contribution is 2.44. The van der Waals surface area contributed by atoms with Crippen molar-refractivity contribution in [2.24, 2.45) is 5.92 Å². The van der Waals surface area contributed by atoms with Crippen molar-refractivity contribution in [3.05, 3.63) is 17.9 Å². The van der Waals surface area contributed by atoms with E-state index in [1.165, 1.54) is 24.1 Å². The average Bonchev–Trinajstić information content (AvgIpc) is 3.47. The molecule has 2 bridgehead atoms. The van der Waals surface area contributed by atoms with Crippen molar-refractivity contribution in [2.75, 3.05) is 29.6 Å². The Morgan fingerprint density at radius 1 is 1.26 bits per heavy atom. The molecule has 1 aliphatic carbocycles. The lowest BCUT2D eigenvalue weighted by atomic mass is 10.0. The van der Waals surface area contributed by atoms with Gasteiger partial charge in [-0.05, 0) is 51.7 Å². The first kappa shape index (κ1) is 25.9.